The highest BCUT2D eigenvalue weighted by Gasteiger charge is 2.38. The van der Waals surface area contributed by atoms with Crippen molar-refractivity contribution in [3.05, 3.63) is 15.3 Å². The van der Waals surface area contributed by atoms with E-state index in [0.717, 1.165) is 42.4 Å². The second kappa shape index (κ2) is 6.87. The first-order chi connectivity index (χ1) is 10.4. The Hall–Kier alpha value is -1.62. The van der Waals surface area contributed by atoms with E-state index in [1.165, 1.54) is 11.3 Å². The number of hydrogen-bond acceptors (Lipinski definition) is 5. The van der Waals surface area contributed by atoms with E-state index in [9.17, 15) is 26.4 Å². The molecule has 11 heteroatoms. The summed E-state index contributed by atoms with van der Waals surface area (Å²) in [5.41, 5.74) is 6.06. The van der Waals surface area contributed by atoms with E-state index in [1.54, 1.807) is 0 Å². The van der Waals surface area contributed by atoms with Crippen LogP contribution in [0.4, 0.5) is 13.2 Å². The van der Waals surface area contributed by atoms with Crippen LogP contribution in [0.1, 0.15) is 33.0 Å². The molecular formula is C12H14F3NO5S2. The fourth-order valence-corrected chi connectivity index (χ4v) is 4.98. The first-order valence-electron chi connectivity index (χ1n) is 6.30. The van der Waals surface area contributed by atoms with Gasteiger partial charge in [0.25, 0.3) is 5.91 Å². The van der Waals surface area contributed by atoms with Crippen LogP contribution in [0, 0.1) is 0 Å². The first-order valence-corrected chi connectivity index (χ1v) is 9.01. The van der Waals surface area contributed by atoms with Gasteiger partial charge >= 0.3 is 12.1 Å². The van der Waals surface area contributed by atoms with Crippen LogP contribution in [0.15, 0.2) is 4.90 Å². The third-order valence-corrected chi connectivity index (χ3v) is 5.59. The van der Waals surface area contributed by atoms with Gasteiger partial charge in [-0.2, -0.15) is 13.2 Å². The number of alkyl halides is 3. The summed E-state index contributed by atoms with van der Waals surface area (Å²) in [6, 6.07) is 0. The van der Waals surface area contributed by atoms with Gasteiger partial charge in [-0.05, 0) is 31.2 Å². The number of primary amides is 1. The largest absolute Gasteiger partial charge is 0.490 e. The minimum Gasteiger partial charge on any atom is -0.475 e. The van der Waals surface area contributed by atoms with Gasteiger partial charge in [0, 0.05) is 11.1 Å². The van der Waals surface area contributed by atoms with Crippen molar-refractivity contribution in [1.29, 1.82) is 0 Å². The van der Waals surface area contributed by atoms with Crippen LogP contribution in [0.5, 0.6) is 0 Å². The first kappa shape index (κ1) is 19.4. The van der Waals surface area contributed by atoms with Crippen LogP contribution in [0.3, 0.4) is 0 Å². The summed E-state index contributed by atoms with van der Waals surface area (Å²) in [7, 11) is -3.37. The Morgan fingerprint density at radius 2 is 1.70 bits per heavy atom. The topological polar surface area (TPSA) is 115 Å². The van der Waals surface area contributed by atoms with Gasteiger partial charge in [0.1, 0.15) is 4.88 Å². The Balaban J connectivity index is 0.000000322. The molecule has 0 saturated heterocycles. The number of halogens is 3. The smallest absolute Gasteiger partial charge is 0.475 e. The molecule has 0 fully saturated rings. The van der Waals surface area contributed by atoms with Crippen molar-refractivity contribution in [3.63, 3.8) is 0 Å². The number of rotatable bonds is 2. The molecule has 1 aromatic heterocycles. The van der Waals surface area contributed by atoms with Crippen LogP contribution in [0.25, 0.3) is 0 Å². The van der Waals surface area contributed by atoms with E-state index >= 15 is 0 Å². The van der Waals surface area contributed by atoms with E-state index in [1.807, 2.05) is 0 Å². The number of nitrogens with two attached hydrogens (primary N) is 1. The van der Waals surface area contributed by atoms with Gasteiger partial charge in [-0.25, -0.2) is 13.2 Å². The number of carbonyl (C=O) groups excluding carboxylic acids is 1. The number of hydrogen-bond donors (Lipinski definition) is 2. The fourth-order valence-electron chi connectivity index (χ4n) is 2.09. The number of sulfone groups is 1. The van der Waals surface area contributed by atoms with Gasteiger partial charge in [-0.15, -0.1) is 11.3 Å². The van der Waals surface area contributed by atoms with Gasteiger partial charge in [0.05, 0.1) is 4.90 Å². The SMILES string of the molecule is CS(=O)(=O)c1c(C(N)=O)sc2c1CCCC2.O=C(O)C(F)(F)F. The molecule has 1 heterocycles. The highest BCUT2D eigenvalue weighted by atomic mass is 32.2. The summed E-state index contributed by atoms with van der Waals surface area (Å²) in [6.07, 6.45) is -0.326. The Labute approximate surface area is 134 Å². The van der Waals surface area contributed by atoms with Crippen LogP contribution >= 0.6 is 11.3 Å². The molecule has 0 aromatic carbocycles. The highest BCUT2D eigenvalue weighted by molar-refractivity contribution is 7.91. The maximum absolute atomic E-state index is 11.7. The zero-order chi connectivity index (χ0) is 18.0. The molecule has 2 rings (SSSR count). The second-order valence-electron chi connectivity index (χ2n) is 4.81. The Morgan fingerprint density at radius 1 is 1.22 bits per heavy atom. The fraction of sp³-hybridized carbons (Fsp3) is 0.500. The van der Waals surface area contributed by atoms with Crippen molar-refractivity contribution in [2.75, 3.05) is 6.26 Å². The average Bonchev–Trinajstić information content (AvgIpc) is 2.77. The Kier molecular flexibility index (Phi) is 5.80. The number of aliphatic carboxylic acids is 1. The number of thiophene rings is 1. The molecule has 0 atom stereocenters. The normalized spacial score (nSPS) is 14.4. The molecule has 3 N–H and O–H groups in total. The maximum Gasteiger partial charge on any atom is 0.490 e. The molecule has 23 heavy (non-hydrogen) atoms. The lowest BCUT2D eigenvalue weighted by molar-refractivity contribution is -0.192. The monoisotopic (exact) mass is 373 g/mol. The molecular weight excluding hydrogens is 359 g/mol. The Bertz CT molecular complexity index is 722. The van der Waals surface area contributed by atoms with Crippen LogP contribution in [-0.2, 0) is 27.5 Å². The van der Waals surface area contributed by atoms with E-state index in [2.05, 4.69) is 0 Å². The molecule has 0 saturated carbocycles. The van der Waals surface area contributed by atoms with Crippen molar-refractivity contribution < 1.29 is 36.3 Å². The van der Waals surface area contributed by atoms with Crippen LogP contribution in [-0.4, -0.2) is 37.8 Å². The molecule has 1 aromatic rings. The quantitative estimate of drug-likeness (QED) is 0.820. The summed E-state index contributed by atoms with van der Waals surface area (Å²) < 4.78 is 55.1. The molecule has 130 valence electrons. The number of fused-ring (bicyclic) bond motifs is 1. The summed E-state index contributed by atoms with van der Waals surface area (Å²) >= 11 is 1.24. The van der Waals surface area contributed by atoms with Gasteiger partial charge in [-0.1, -0.05) is 0 Å². The zero-order valence-electron chi connectivity index (χ0n) is 11.9. The lowest BCUT2D eigenvalue weighted by Gasteiger charge is -2.11. The number of amides is 1. The van der Waals surface area contributed by atoms with Crippen LogP contribution in [0.2, 0.25) is 0 Å². The predicted octanol–water partition coefficient (Wildman–Crippen LogP) is 1.76. The van der Waals surface area contributed by atoms with Gasteiger partial charge in [-0.3, -0.25) is 4.79 Å². The second-order valence-corrected chi connectivity index (χ2v) is 7.87. The average molecular weight is 373 g/mol. The highest BCUT2D eigenvalue weighted by Crippen LogP contribution is 2.36. The third-order valence-electron chi connectivity index (χ3n) is 2.96. The molecule has 0 unspecified atom stereocenters. The van der Waals surface area contributed by atoms with Gasteiger partial charge < -0.3 is 10.8 Å². The number of aryl methyl sites for hydroxylation is 1. The minimum atomic E-state index is -5.08. The van der Waals surface area contributed by atoms with Crippen molar-refractivity contribution >= 4 is 33.1 Å². The predicted molar refractivity (Wildman–Crippen MR) is 76.3 cm³/mol. The van der Waals surface area contributed by atoms with Crippen molar-refractivity contribution in [2.45, 2.75) is 36.8 Å². The standard InChI is InChI=1S/C10H13NO3S2.C2HF3O2/c1-16(13,14)9-6-4-2-3-5-7(6)15-8(9)10(11)12;3-2(4,5)1(6)7/h2-5H2,1H3,(H2,11,12);(H,6,7). The molecule has 1 amide bonds. The Morgan fingerprint density at radius 3 is 2.09 bits per heavy atom. The summed E-state index contributed by atoms with van der Waals surface area (Å²) in [6.45, 7) is 0. The van der Waals surface area contributed by atoms with E-state index in [-0.39, 0.29) is 9.77 Å². The lowest BCUT2D eigenvalue weighted by Crippen LogP contribution is -2.21. The van der Waals surface area contributed by atoms with Gasteiger partial charge in [0.15, 0.2) is 9.84 Å². The number of carbonyl (C=O) groups is 2. The molecule has 0 aliphatic heterocycles. The molecule has 0 radical (unpaired) electrons. The van der Waals surface area contributed by atoms with E-state index in [4.69, 9.17) is 15.6 Å². The minimum absolute atomic E-state index is 0.180. The molecule has 0 bridgehead atoms. The van der Waals surface area contributed by atoms with Crippen molar-refractivity contribution in [1.82, 2.24) is 0 Å². The van der Waals surface area contributed by atoms with Crippen molar-refractivity contribution in [2.24, 2.45) is 5.73 Å². The molecule has 6 nitrogen and oxygen atoms in total. The van der Waals surface area contributed by atoms with Crippen LogP contribution < -0.4 is 5.73 Å². The molecule has 1 aliphatic rings. The lowest BCUT2D eigenvalue weighted by atomic mass is 9.99. The molecule has 0 spiro atoms. The molecule has 1 aliphatic carbocycles. The maximum atomic E-state index is 11.7. The zero-order valence-corrected chi connectivity index (χ0v) is 13.6. The van der Waals surface area contributed by atoms with E-state index < -0.39 is 27.9 Å². The van der Waals surface area contributed by atoms with E-state index in [0.29, 0.717) is 0 Å². The number of carboxylic acids is 1. The third kappa shape index (κ3) is 4.93. The van der Waals surface area contributed by atoms with Crippen molar-refractivity contribution in [3.8, 4) is 0 Å². The summed E-state index contributed by atoms with van der Waals surface area (Å²) in [5, 5.41) is 7.12. The summed E-state index contributed by atoms with van der Waals surface area (Å²) in [5.74, 6) is -3.40. The summed E-state index contributed by atoms with van der Waals surface area (Å²) in [4.78, 5) is 21.5. The van der Waals surface area contributed by atoms with Gasteiger partial charge in [0.2, 0.25) is 0 Å². The number of carboxylic acid groups (broad SMARTS) is 1.